The Balaban J connectivity index is 2.41. The molecule has 0 aliphatic carbocycles. The van der Waals surface area contributed by atoms with Crippen LogP contribution >= 0.6 is 0 Å². The number of nitrogens with two attached hydrogens (primary N) is 1. The average Bonchev–Trinajstić information content (AvgIpc) is 2.18. The van der Waals surface area contributed by atoms with Gasteiger partial charge in [0.15, 0.2) is 0 Å². The maximum absolute atomic E-state index is 11.6. The van der Waals surface area contributed by atoms with E-state index in [1.807, 2.05) is 0 Å². The van der Waals surface area contributed by atoms with Crippen molar-refractivity contribution in [2.75, 3.05) is 13.2 Å². The molecular formula is C9H13N3O2. The molecule has 5 heteroatoms. The zero-order valence-electron chi connectivity index (χ0n) is 7.88. The van der Waals surface area contributed by atoms with Crippen molar-refractivity contribution in [1.29, 1.82) is 0 Å². The van der Waals surface area contributed by atoms with Crippen molar-refractivity contribution in [3.8, 4) is 0 Å². The molecule has 5 nitrogen and oxygen atoms in total. The van der Waals surface area contributed by atoms with Crippen LogP contribution in [0.5, 0.6) is 0 Å². The van der Waals surface area contributed by atoms with Gasteiger partial charge in [-0.3, -0.25) is 4.79 Å². The number of hydrogen-bond acceptors (Lipinski definition) is 4. The summed E-state index contributed by atoms with van der Waals surface area (Å²) < 4.78 is 5.24. The third kappa shape index (κ3) is 1.69. The van der Waals surface area contributed by atoms with Crippen LogP contribution in [0, 0.1) is 0 Å². The van der Waals surface area contributed by atoms with Crippen LogP contribution in [-0.4, -0.2) is 23.1 Å². The zero-order valence-corrected chi connectivity index (χ0v) is 7.88. The Labute approximate surface area is 81.3 Å². The number of aromatic nitrogens is 2. The molecule has 76 valence electrons. The molecule has 1 aliphatic heterocycles. The molecule has 3 N–H and O–H groups in total. The summed E-state index contributed by atoms with van der Waals surface area (Å²) >= 11 is 0. The number of rotatable bonds is 2. The predicted molar refractivity (Wildman–Crippen MR) is 51.0 cm³/mol. The van der Waals surface area contributed by atoms with Crippen LogP contribution in [0.2, 0.25) is 0 Å². The number of H-pyrrole nitrogens is 1. The molecule has 0 fully saturated rings. The van der Waals surface area contributed by atoms with Crippen LogP contribution in [0.1, 0.15) is 17.1 Å². The molecule has 0 spiro atoms. The molecule has 0 amide bonds. The summed E-state index contributed by atoms with van der Waals surface area (Å²) in [6, 6.07) is 0. The van der Waals surface area contributed by atoms with Gasteiger partial charge in [0.05, 0.1) is 18.9 Å². The van der Waals surface area contributed by atoms with E-state index in [0.717, 1.165) is 11.3 Å². The molecule has 2 heterocycles. The van der Waals surface area contributed by atoms with Gasteiger partial charge in [-0.2, -0.15) is 0 Å². The summed E-state index contributed by atoms with van der Waals surface area (Å²) in [4.78, 5) is 18.6. The molecule has 14 heavy (non-hydrogen) atoms. The van der Waals surface area contributed by atoms with E-state index < -0.39 is 0 Å². The van der Waals surface area contributed by atoms with E-state index in [9.17, 15) is 4.79 Å². The lowest BCUT2D eigenvalue weighted by Gasteiger charge is -2.14. The SMILES string of the molecule is NCCc1nc2c(c(=O)[nH]1)CCOC2. The Morgan fingerprint density at radius 1 is 1.57 bits per heavy atom. The summed E-state index contributed by atoms with van der Waals surface area (Å²) in [7, 11) is 0. The monoisotopic (exact) mass is 195 g/mol. The second-order valence-corrected chi connectivity index (χ2v) is 3.28. The molecular weight excluding hydrogens is 182 g/mol. The maximum Gasteiger partial charge on any atom is 0.254 e. The normalized spacial score (nSPS) is 15.2. The van der Waals surface area contributed by atoms with E-state index in [0.29, 0.717) is 38.4 Å². The van der Waals surface area contributed by atoms with Crippen LogP contribution < -0.4 is 11.3 Å². The highest BCUT2D eigenvalue weighted by molar-refractivity contribution is 5.19. The molecule has 0 aromatic carbocycles. The zero-order chi connectivity index (χ0) is 9.97. The van der Waals surface area contributed by atoms with Gasteiger partial charge in [0, 0.05) is 18.4 Å². The molecule has 0 radical (unpaired) electrons. The Kier molecular flexibility index (Phi) is 2.60. The van der Waals surface area contributed by atoms with Gasteiger partial charge in [-0.1, -0.05) is 0 Å². The van der Waals surface area contributed by atoms with Crippen LogP contribution in [0.25, 0.3) is 0 Å². The second kappa shape index (κ2) is 3.89. The van der Waals surface area contributed by atoms with Crippen LogP contribution in [0.4, 0.5) is 0 Å². The van der Waals surface area contributed by atoms with Gasteiger partial charge < -0.3 is 15.5 Å². The summed E-state index contributed by atoms with van der Waals surface area (Å²) in [5.74, 6) is 0.654. The summed E-state index contributed by atoms with van der Waals surface area (Å²) in [5.41, 5.74) is 6.88. The molecule has 1 aromatic heterocycles. The van der Waals surface area contributed by atoms with Gasteiger partial charge in [0.25, 0.3) is 5.56 Å². The predicted octanol–water partition coefficient (Wildman–Crippen LogP) is -0.656. The fourth-order valence-corrected chi connectivity index (χ4v) is 1.57. The van der Waals surface area contributed by atoms with Gasteiger partial charge in [-0.05, 0) is 6.54 Å². The lowest BCUT2D eigenvalue weighted by molar-refractivity contribution is 0.106. The Morgan fingerprint density at radius 2 is 2.43 bits per heavy atom. The number of nitrogens with zero attached hydrogens (tertiary/aromatic N) is 1. The van der Waals surface area contributed by atoms with Crippen molar-refractivity contribution in [2.24, 2.45) is 5.73 Å². The third-order valence-corrected chi connectivity index (χ3v) is 2.27. The standard InChI is InChI=1S/C9H13N3O2/c10-3-1-8-11-7-5-14-4-2-6(7)9(13)12-8/h1-5,10H2,(H,11,12,13). The minimum atomic E-state index is -0.0400. The van der Waals surface area contributed by atoms with E-state index in [4.69, 9.17) is 10.5 Å². The van der Waals surface area contributed by atoms with Gasteiger partial charge in [-0.25, -0.2) is 4.98 Å². The van der Waals surface area contributed by atoms with Crippen molar-refractivity contribution in [3.05, 3.63) is 27.4 Å². The van der Waals surface area contributed by atoms with Gasteiger partial charge in [0.2, 0.25) is 0 Å². The van der Waals surface area contributed by atoms with Crippen molar-refractivity contribution >= 4 is 0 Å². The fourth-order valence-electron chi connectivity index (χ4n) is 1.57. The van der Waals surface area contributed by atoms with E-state index in [2.05, 4.69) is 9.97 Å². The fraction of sp³-hybridized carbons (Fsp3) is 0.556. The quantitative estimate of drug-likeness (QED) is 0.656. The number of nitrogens with one attached hydrogen (secondary N) is 1. The van der Waals surface area contributed by atoms with Gasteiger partial charge in [0.1, 0.15) is 5.82 Å². The molecule has 2 rings (SSSR count). The van der Waals surface area contributed by atoms with Crippen LogP contribution in [0.15, 0.2) is 4.79 Å². The minimum absolute atomic E-state index is 0.0400. The second-order valence-electron chi connectivity index (χ2n) is 3.28. The molecule has 0 bridgehead atoms. The Morgan fingerprint density at radius 3 is 3.21 bits per heavy atom. The number of hydrogen-bond donors (Lipinski definition) is 2. The van der Waals surface area contributed by atoms with Crippen molar-refractivity contribution in [3.63, 3.8) is 0 Å². The van der Waals surface area contributed by atoms with Crippen molar-refractivity contribution in [2.45, 2.75) is 19.4 Å². The summed E-state index contributed by atoms with van der Waals surface area (Å²) in [5, 5.41) is 0. The third-order valence-electron chi connectivity index (χ3n) is 2.27. The number of aromatic amines is 1. The van der Waals surface area contributed by atoms with Gasteiger partial charge >= 0.3 is 0 Å². The summed E-state index contributed by atoms with van der Waals surface area (Å²) in [6.45, 7) is 1.54. The first-order valence-corrected chi connectivity index (χ1v) is 4.70. The maximum atomic E-state index is 11.6. The highest BCUT2D eigenvalue weighted by Gasteiger charge is 2.15. The van der Waals surface area contributed by atoms with E-state index >= 15 is 0 Å². The Bertz CT molecular complexity index is 386. The van der Waals surface area contributed by atoms with Gasteiger partial charge in [-0.15, -0.1) is 0 Å². The number of ether oxygens (including phenoxy) is 1. The minimum Gasteiger partial charge on any atom is -0.375 e. The van der Waals surface area contributed by atoms with Crippen LogP contribution in [-0.2, 0) is 24.2 Å². The van der Waals surface area contributed by atoms with Crippen molar-refractivity contribution < 1.29 is 4.74 Å². The summed E-state index contributed by atoms with van der Waals surface area (Å²) in [6.07, 6.45) is 1.25. The molecule has 0 unspecified atom stereocenters. The highest BCUT2D eigenvalue weighted by atomic mass is 16.5. The first-order chi connectivity index (χ1) is 6.81. The molecule has 0 saturated carbocycles. The first kappa shape index (κ1) is 9.36. The largest absolute Gasteiger partial charge is 0.375 e. The smallest absolute Gasteiger partial charge is 0.254 e. The Hall–Kier alpha value is -1.20. The average molecular weight is 195 g/mol. The lowest BCUT2D eigenvalue weighted by Crippen LogP contribution is -2.26. The number of fused-ring (bicyclic) bond motifs is 1. The van der Waals surface area contributed by atoms with E-state index in [1.54, 1.807) is 0 Å². The molecule has 1 aromatic rings. The van der Waals surface area contributed by atoms with E-state index in [1.165, 1.54) is 0 Å². The molecule has 0 saturated heterocycles. The van der Waals surface area contributed by atoms with E-state index in [-0.39, 0.29) is 5.56 Å². The first-order valence-electron chi connectivity index (χ1n) is 4.70. The topological polar surface area (TPSA) is 81.0 Å². The van der Waals surface area contributed by atoms with Crippen molar-refractivity contribution in [1.82, 2.24) is 9.97 Å². The van der Waals surface area contributed by atoms with Crippen LogP contribution in [0.3, 0.4) is 0 Å². The molecule has 1 aliphatic rings. The molecule has 0 atom stereocenters. The highest BCUT2D eigenvalue weighted by Crippen LogP contribution is 2.09. The lowest BCUT2D eigenvalue weighted by atomic mass is 10.1.